The van der Waals surface area contributed by atoms with Gasteiger partial charge in [0.05, 0.1) is 6.54 Å². The summed E-state index contributed by atoms with van der Waals surface area (Å²) in [6.07, 6.45) is 8.49. The summed E-state index contributed by atoms with van der Waals surface area (Å²) in [5.41, 5.74) is 2.87. The second-order valence-electron chi connectivity index (χ2n) is 7.46. The molecule has 0 aliphatic heterocycles. The summed E-state index contributed by atoms with van der Waals surface area (Å²) in [6.45, 7) is 2.77. The number of nitrogens with one attached hydrogen (secondary N) is 1. The molecule has 0 radical (unpaired) electrons. The van der Waals surface area contributed by atoms with Crippen LogP contribution in [0, 0.1) is 5.92 Å². The number of aryl methyl sites for hydroxylation is 1. The zero-order valence-electron chi connectivity index (χ0n) is 14.6. The van der Waals surface area contributed by atoms with Crippen LogP contribution in [0.5, 0.6) is 0 Å². The first-order valence-electron chi connectivity index (χ1n) is 9.22. The molecule has 1 N–H and O–H groups in total. The van der Waals surface area contributed by atoms with Crippen LogP contribution < -0.4 is 5.32 Å². The van der Waals surface area contributed by atoms with Gasteiger partial charge in [0.1, 0.15) is 0 Å². The lowest BCUT2D eigenvalue weighted by Crippen LogP contribution is -2.45. The van der Waals surface area contributed by atoms with Crippen LogP contribution in [0.2, 0.25) is 0 Å². The highest BCUT2D eigenvalue weighted by Gasteiger charge is 2.27. The van der Waals surface area contributed by atoms with E-state index in [2.05, 4.69) is 48.5 Å². The van der Waals surface area contributed by atoms with E-state index in [1.54, 1.807) is 0 Å². The molecule has 23 heavy (non-hydrogen) atoms. The third-order valence-corrected chi connectivity index (χ3v) is 5.72. The molecule has 0 aromatic heterocycles. The minimum atomic E-state index is 0.189. The topological polar surface area (TPSA) is 32.3 Å². The molecule has 0 bridgehead atoms. The predicted octanol–water partition coefficient (Wildman–Crippen LogP) is 3.69. The molecule has 1 aromatic carbocycles. The third-order valence-electron chi connectivity index (χ3n) is 5.72. The summed E-state index contributed by atoms with van der Waals surface area (Å²) < 4.78 is 0. The van der Waals surface area contributed by atoms with Gasteiger partial charge in [-0.2, -0.15) is 0 Å². The van der Waals surface area contributed by atoms with Crippen LogP contribution in [0.1, 0.15) is 62.6 Å². The van der Waals surface area contributed by atoms with Crippen molar-refractivity contribution in [1.29, 1.82) is 0 Å². The molecule has 126 valence electrons. The van der Waals surface area contributed by atoms with E-state index in [-0.39, 0.29) is 5.91 Å². The number of rotatable bonds is 4. The fourth-order valence-corrected chi connectivity index (χ4v) is 4.31. The van der Waals surface area contributed by atoms with Crippen molar-refractivity contribution in [2.24, 2.45) is 5.92 Å². The summed E-state index contributed by atoms with van der Waals surface area (Å²) in [5.74, 6) is 0.808. The molecule has 3 rings (SSSR count). The Morgan fingerprint density at radius 3 is 2.78 bits per heavy atom. The Balaban J connectivity index is 1.59. The number of nitrogens with zero attached hydrogens (tertiary/aromatic N) is 1. The predicted molar refractivity (Wildman–Crippen MR) is 94.3 cm³/mol. The van der Waals surface area contributed by atoms with E-state index in [1.165, 1.54) is 43.2 Å². The maximum Gasteiger partial charge on any atom is 0.234 e. The van der Waals surface area contributed by atoms with Gasteiger partial charge in [-0.05, 0) is 56.2 Å². The first-order valence-corrected chi connectivity index (χ1v) is 9.22. The summed E-state index contributed by atoms with van der Waals surface area (Å²) in [7, 11) is 2.09. The molecule has 1 amide bonds. The highest BCUT2D eigenvalue weighted by atomic mass is 16.2. The minimum Gasteiger partial charge on any atom is -0.352 e. The average Bonchev–Trinajstić information content (AvgIpc) is 2.56. The highest BCUT2D eigenvalue weighted by Crippen LogP contribution is 2.33. The van der Waals surface area contributed by atoms with Gasteiger partial charge in [-0.1, -0.05) is 44.0 Å². The molecular formula is C20H30N2O. The van der Waals surface area contributed by atoms with E-state index in [1.807, 2.05) is 0 Å². The second-order valence-corrected chi connectivity index (χ2v) is 7.46. The monoisotopic (exact) mass is 314 g/mol. The zero-order valence-corrected chi connectivity index (χ0v) is 14.6. The lowest BCUT2D eigenvalue weighted by atomic mass is 9.86. The first kappa shape index (κ1) is 16.5. The SMILES string of the molecule is C[C@@H]1CCCC[C@H]1NC(=O)CN(C)[C@@H]1CCCc2ccccc21. The van der Waals surface area contributed by atoms with Crippen LogP contribution in [-0.2, 0) is 11.2 Å². The fourth-order valence-electron chi connectivity index (χ4n) is 4.31. The number of carbonyl (C=O) groups excluding carboxylic acids is 1. The summed E-state index contributed by atoms with van der Waals surface area (Å²) in [4.78, 5) is 14.7. The number of benzene rings is 1. The zero-order chi connectivity index (χ0) is 16.2. The van der Waals surface area contributed by atoms with Gasteiger partial charge in [-0.15, -0.1) is 0 Å². The Labute approximate surface area is 140 Å². The largest absolute Gasteiger partial charge is 0.352 e. The van der Waals surface area contributed by atoms with Gasteiger partial charge >= 0.3 is 0 Å². The van der Waals surface area contributed by atoms with Crippen LogP contribution in [0.25, 0.3) is 0 Å². The van der Waals surface area contributed by atoms with E-state index >= 15 is 0 Å². The Bertz CT molecular complexity index is 542. The summed E-state index contributed by atoms with van der Waals surface area (Å²) in [5, 5.41) is 3.28. The molecule has 1 fully saturated rings. The lowest BCUT2D eigenvalue weighted by Gasteiger charge is -2.34. The van der Waals surface area contributed by atoms with E-state index in [0.717, 1.165) is 12.8 Å². The van der Waals surface area contributed by atoms with Gasteiger partial charge < -0.3 is 5.32 Å². The third kappa shape index (κ3) is 3.95. The normalized spacial score (nSPS) is 27.5. The van der Waals surface area contributed by atoms with Crippen molar-refractivity contribution in [2.45, 2.75) is 64.0 Å². The fraction of sp³-hybridized carbons (Fsp3) is 0.650. The van der Waals surface area contributed by atoms with E-state index < -0.39 is 0 Å². The molecular weight excluding hydrogens is 284 g/mol. The Morgan fingerprint density at radius 2 is 1.96 bits per heavy atom. The number of carbonyl (C=O) groups is 1. The minimum absolute atomic E-state index is 0.189. The molecule has 3 atom stereocenters. The molecule has 2 aliphatic rings. The molecule has 3 heteroatoms. The Kier molecular flexibility index (Phi) is 5.37. The Hall–Kier alpha value is -1.35. The number of amides is 1. The van der Waals surface area contributed by atoms with Crippen LogP contribution in [-0.4, -0.2) is 30.4 Å². The van der Waals surface area contributed by atoms with Crippen LogP contribution >= 0.6 is 0 Å². The van der Waals surface area contributed by atoms with Crippen molar-refractivity contribution >= 4 is 5.91 Å². The van der Waals surface area contributed by atoms with Gasteiger partial charge in [0.15, 0.2) is 0 Å². The van der Waals surface area contributed by atoms with Gasteiger partial charge in [0.2, 0.25) is 5.91 Å². The van der Waals surface area contributed by atoms with Gasteiger partial charge in [0, 0.05) is 12.1 Å². The molecule has 3 nitrogen and oxygen atoms in total. The molecule has 0 saturated heterocycles. The maximum absolute atomic E-state index is 12.5. The summed E-state index contributed by atoms with van der Waals surface area (Å²) in [6, 6.07) is 9.47. The number of fused-ring (bicyclic) bond motifs is 1. The van der Waals surface area contributed by atoms with Crippen molar-refractivity contribution in [3.05, 3.63) is 35.4 Å². The molecule has 0 heterocycles. The van der Waals surface area contributed by atoms with Crippen molar-refractivity contribution in [1.82, 2.24) is 10.2 Å². The van der Waals surface area contributed by atoms with Gasteiger partial charge in [0.25, 0.3) is 0 Å². The smallest absolute Gasteiger partial charge is 0.234 e. The molecule has 0 unspecified atom stereocenters. The van der Waals surface area contributed by atoms with Crippen LogP contribution in [0.3, 0.4) is 0 Å². The van der Waals surface area contributed by atoms with E-state index in [4.69, 9.17) is 0 Å². The van der Waals surface area contributed by atoms with Crippen molar-refractivity contribution < 1.29 is 4.79 Å². The van der Waals surface area contributed by atoms with Crippen LogP contribution in [0.15, 0.2) is 24.3 Å². The Morgan fingerprint density at radius 1 is 1.17 bits per heavy atom. The van der Waals surface area contributed by atoms with E-state index in [9.17, 15) is 4.79 Å². The first-order chi connectivity index (χ1) is 11.1. The maximum atomic E-state index is 12.5. The summed E-state index contributed by atoms with van der Waals surface area (Å²) >= 11 is 0. The van der Waals surface area contributed by atoms with E-state index in [0.29, 0.717) is 24.5 Å². The van der Waals surface area contributed by atoms with Crippen LogP contribution in [0.4, 0.5) is 0 Å². The number of hydrogen-bond donors (Lipinski definition) is 1. The number of hydrogen-bond acceptors (Lipinski definition) is 2. The second kappa shape index (κ2) is 7.48. The molecule has 1 saturated carbocycles. The van der Waals surface area contributed by atoms with Crippen molar-refractivity contribution in [3.8, 4) is 0 Å². The van der Waals surface area contributed by atoms with Gasteiger partial charge in [-0.25, -0.2) is 0 Å². The molecule has 2 aliphatic carbocycles. The highest BCUT2D eigenvalue weighted by molar-refractivity contribution is 5.78. The molecule has 1 aromatic rings. The number of likely N-dealkylation sites (N-methyl/N-ethyl adjacent to an activating group) is 1. The van der Waals surface area contributed by atoms with Crippen molar-refractivity contribution in [3.63, 3.8) is 0 Å². The standard InChI is InChI=1S/C20H30N2O/c1-15-8-3-6-12-18(15)21-20(23)14-22(2)19-13-7-10-16-9-4-5-11-17(16)19/h4-5,9,11,15,18-19H,3,6-8,10,12-14H2,1-2H3,(H,21,23)/t15-,18-,19-/m1/s1. The van der Waals surface area contributed by atoms with Gasteiger partial charge in [-0.3, -0.25) is 9.69 Å². The average molecular weight is 314 g/mol. The van der Waals surface area contributed by atoms with Crippen molar-refractivity contribution in [2.75, 3.05) is 13.6 Å². The molecule has 0 spiro atoms. The quantitative estimate of drug-likeness (QED) is 0.919. The lowest BCUT2D eigenvalue weighted by molar-refractivity contribution is -0.123.